The third-order valence-corrected chi connectivity index (χ3v) is 4.69. The van der Waals surface area contributed by atoms with Gasteiger partial charge in [-0.15, -0.1) is 0 Å². The Morgan fingerprint density at radius 2 is 1.63 bits per heavy atom. The van der Waals surface area contributed by atoms with Gasteiger partial charge in [0.2, 0.25) is 5.91 Å². The highest BCUT2D eigenvalue weighted by Gasteiger charge is 2.15. The molecule has 1 amide bonds. The summed E-state index contributed by atoms with van der Waals surface area (Å²) in [4.78, 5) is 37.9. The third-order valence-electron chi connectivity index (χ3n) is 4.69. The minimum Gasteiger partial charge on any atom is -0.324 e. The molecule has 2 aromatic carbocycles. The van der Waals surface area contributed by atoms with Crippen molar-refractivity contribution in [1.82, 2.24) is 9.13 Å². The molecule has 0 aliphatic rings. The van der Waals surface area contributed by atoms with Gasteiger partial charge in [-0.3, -0.25) is 18.7 Å². The summed E-state index contributed by atoms with van der Waals surface area (Å²) in [6.07, 6.45) is 0. The van der Waals surface area contributed by atoms with Crippen LogP contribution in [0.5, 0.6) is 0 Å². The van der Waals surface area contributed by atoms with Gasteiger partial charge in [-0.25, -0.2) is 4.79 Å². The molecule has 0 aliphatic heterocycles. The number of para-hydroxylation sites is 1. The summed E-state index contributed by atoms with van der Waals surface area (Å²) >= 11 is 0. The lowest BCUT2D eigenvalue weighted by Gasteiger charge is -2.15. The SMILES string of the molecule is CCn1c(=O)c2ccccc2n(CC(=O)Nc2c(C)cc(C)cc2C)c1=O. The van der Waals surface area contributed by atoms with Crippen molar-refractivity contribution in [2.24, 2.45) is 0 Å². The molecule has 0 saturated carbocycles. The lowest BCUT2D eigenvalue weighted by Crippen LogP contribution is -2.41. The Labute approximate surface area is 157 Å². The highest BCUT2D eigenvalue weighted by atomic mass is 16.2. The summed E-state index contributed by atoms with van der Waals surface area (Å²) in [5.74, 6) is -0.307. The second-order valence-corrected chi connectivity index (χ2v) is 6.76. The lowest BCUT2D eigenvalue weighted by molar-refractivity contribution is -0.116. The van der Waals surface area contributed by atoms with Crippen LogP contribution in [0.15, 0.2) is 46.0 Å². The van der Waals surface area contributed by atoms with Gasteiger partial charge < -0.3 is 5.32 Å². The van der Waals surface area contributed by atoms with Gasteiger partial charge in [0.15, 0.2) is 0 Å². The van der Waals surface area contributed by atoms with Gasteiger partial charge in [0.25, 0.3) is 5.56 Å². The van der Waals surface area contributed by atoms with Crippen LogP contribution in [0.25, 0.3) is 10.9 Å². The van der Waals surface area contributed by atoms with Gasteiger partial charge in [0.1, 0.15) is 6.54 Å². The number of benzene rings is 2. The quantitative estimate of drug-likeness (QED) is 0.773. The number of carbonyl (C=O) groups excluding carboxylic acids is 1. The Kier molecular flexibility index (Phi) is 4.99. The average Bonchev–Trinajstić information content (AvgIpc) is 2.62. The van der Waals surface area contributed by atoms with Crippen molar-refractivity contribution in [3.05, 3.63) is 73.9 Å². The maximum atomic E-state index is 12.7. The van der Waals surface area contributed by atoms with Gasteiger partial charge in [-0.1, -0.05) is 29.8 Å². The number of hydrogen-bond donors (Lipinski definition) is 1. The van der Waals surface area contributed by atoms with Crippen molar-refractivity contribution in [3.63, 3.8) is 0 Å². The van der Waals surface area contributed by atoms with Crippen LogP contribution in [0.1, 0.15) is 23.6 Å². The fraction of sp³-hybridized carbons (Fsp3) is 0.286. The Morgan fingerprint density at radius 1 is 1.00 bits per heavy atom. The molecule has 6 nitrogen and oxygen atoms in total. The average molecular weight is 365 g/mol. The first-order valence-electron chi connectivity index (χ1n) is 8.93. The molecular weight excluding hydrogens is 342 g/mol. The van der Waals surface area contributed by atoms with Crippen LogP contribution >= 0.6 is 0 Å². The Balaban J connectivity index is 2.04. The van der Waals surface area contributed by atoms with E-state index in [0.717, 1.165) is 26.9 Å². The zero-order valence-corrected chi connectivity index (χ0v) is 16.0. The molecule has 1 N–H and O–H groups in total. The van der Waals surface area contributed by atoms with E-state index in [-0.39, 0.29) is 24.6 Å². The van der Waals surface area contributed by atoms with E-state index in [1.807, 2.05) is 32.9 Å². The van der Waals surface area contributed by atoms with Crippen LogP contribution < -0.4 is 16.6 Å². The zero-order chi connectivity index (χ0) is 19.7. The number of aryl methyl sites for hydroxylation is 3. The van der Waals surface area contributed by atoms with Crippen LogP contribution in [0, 0.1) is 20.8 Å². The summed E-state index contributed by atoms with van der Waals surface area (Å²) in [6.45, 7) is 7.71. The highest BCUT2D eigenvalue weighted by Crippen LogP contribution is 2.22. The number of rotatable bonds is 4. The molecule has 0 unspecified atom stereocenters. The highest BCUT2D eigenvalue weighted by molar-refractivity contribution is 5.93. The second-order valence-electron chi connectivity index (χ2n) is 6.76. The molecule has 3 rings (SSSR count). The summed E-state index contributed by atoms with van der Waals surface area (Å²) in [5.41, 5.74) is 3.47. The van der Waals surface area contributed by atoms with Crippen LogP contribution in [0.3, 0.4) is 0 Å². The standard InChI is InChI=1S/C21H23N3O3/c1-5-23-20(26)16-8-6-7-9-17(16)24(21(23)27)12-18(25)22-19-14(3)10-13(2)11-15(19)4/h6-11H,5,12H2,1-4H3,(H,22,25). The van der Waals surface area contributed by atoms with Crippen LogP contribution in [0.4, 0.5) is 5.69 Å². The smallest absolute Gasteiger partial charge is 0.324 e. The minimum absolute atomic E-state index is 0.160. The number of fused-ring (bicyclic) bond motifs is 1. The molecule has 27 heavy (non-hydrogen) atoms. The molecule has 0 atom stereocenters. The summed E-state index contributed by atoms with van der Waals surface area (Å²) < 4.78 is 2.51. The predicted molar refractivity (Wildman–Crippen MR) is 107 cm³/mol. The molecule has 0 radical (unpaired) electrons. The number of amides is 1. The van der Waals surface area contributed by atoms with E-state index < -0.39 is 5.69 Å². The van der Waals surface area contributed by atoms with Crippen molar-refractivity contribution >= 4 is 22.5 Å². The van der Waals surface area contributed by atoms with E-state index in [4.69, 9.17) is 0 Å². The van der Waals surface area contributed by atoms with Gasteiger partial charge >= 0.3 is 5.69 Å². The lowest BCUT2D eigenvalue weighted by atomic mass is 10.1. The molecular formula is C21H23N3O3. The first-order valence-corrected chi connectivity index (χ1v) is 8.93. The number of nitrogens with zero attached hydrogens (tertiary/aromatic N) is 2. The molecule has 0 saturated heterocycles. The van der Waals surface area contributed by atoms with Crippen molar-refractivity contribution in [2.45, 2.75) is 40.8 Å². The second kappa shape index (κ2) is 7.23. The largest absolute Gasteiger partial charge is 0.331 e. The Morgan fingerprint density at radius 3 is 2.26 bits per heavy atom. The number of anilines is 1. The van der Waals surface area contributed by atoms with E-state index >= 15 is 0 Å². The molecule has 140 valence electrons. The van der Waals surface area contributed by atoms with Gasteiger partial charge in [-0.2, -0.15) is 0 Å². The molecule has 6 heteroatoms. The number of hydrogen-bond acceptors (Lipinski definition) is 3. The fourth-order valence-electron chi connectivity index (χ4n) is 3.50. The van der Waals surface area contributed by atoms with E-state index in [0.29, 0.717) is 10.9 Å². The number of aromatic nitrogens is 2. The van der Waals surface area contributed by atoms with Gasteiger partial charge in [0, 0.05) is 12.2 Å². The molecule has 3 aromatic rings. The Bertz CT molecular complexity index is 1130. The summed E-state index contributed by atoms with van der Waals surface area (Å²) in [6, 6.07) is 10.9. The number of nitrogens with one attached hydrogen (secondary N) is 1. The molecule has 0 spiro atoms. The van der Waals surface area contributed by atoms with E-state index in [9.17, 15) is 14.4 Å². The van der Waals surface area contributed by atoms with Crippen LogP contribution in [0.2, 0.25) is 0 Å². The van der Waals surface area contributed by atoms with Crippen molar-refractivity contribution in [2.75, 3.05) is 5.32 Å². The van der Waals surface area contributed by atoms with E-state index in [2.05, 4.69) is 5.32 Å². The normalized spacial score (nSPS) is 11.0. The first kappa shape index (κ1) is 18.6. The van der Waals surface area contributed by atoms with E-state index in [1.165, 1.54) is 4.57 Å². The maximum Gasteiger partial charge on any atom is 0.331 e. The third kappa shape index (κ3) is 3.43. The van der Waals surface area contributed by atoms with Gasteiger partial charge in [0.05, 0.1) is 10.9 Å². The fourth-order valence-corrected chi connectivity index (χ4v) is 3.50. The number of carbonyl (C=O) groups is 1. The Hall–Kier alpha value is -3.15. The summed E-state index contributed by atoms with van der Waals surface area (Å²) in [5, 5.41) is 3.34. The molecule has 1 heterocycles. The van der Waals surface area contributed by atoms with Crippen LogP contribution in [-0.4, -0.2) is 15.0 Å². The van der Waals surface area contributed by atoms with Crippen molar-refractivity contribution < 1.29 is 4.79 Å². The predicted octanol–water partition coefficient (Wildman–Crippen LogP) is 2.75. The maximum absolute atomic E-state index is 12.7. The first-order chi connectivity index (χ1) is 12.8. The summed E-state index contributed by atoms with van der Waals surface area (Å²) in [7, 11) is 0. The zero-order valence-electron chi connectivity index (χ0n) is 16.0. The minimum atomic E-state index is -0.478. The topological polar surface area (TPSA) is 73.1 Å². The molecule has 0 aliphatic carbocycles. The monoisotopic (exact) mass is 365 g/mol. The van der Waals surface area contributed by atoms with Gasteiger partial charge in [-0.05, 0) is 51.0 Å². The van der Waals surface area contributed by atoms with E-state index in [1.54, 1.807) is 31.2 Å². The molecule has 0 bridgehead atoms. The van der Waals surface area contributed by atoms with Crippen LogP contribution in [-0.2, 0) is 17.9 Å². The van der Waals surface area contributed by atoms with Crippen molar-refractivity contribution in [1.29, 1.82) is 0 Å². The van der Waals surface area contributed by atoms with Crippen molar-refractivity contribution in [3.8, 4) is 0 Å². The molecule has 0 fully saturated rings. The molecule has 1 aromatic heterocycles.